The maximum Gasteiger partial charge on any atom is 0.274 e. The maximum absolute atomic E-state index is 5.92. The van der Waals surface area contributed by atoms with E-state index in [2.05, 4.69) is 34.1 Å². The van der Waals surface area contributed by atoms with Gasteiger partial charge in [0.2, 0.25) is 0 Å². The first kappa shape index (κ1) is 14.4. The highest BCUT2D eigenvalue weighted by molar-refractivity contribution is 6.49. The monoisotopic (exact) mass is 284 g/mol. The molecule has 4 nitrogen and oxygen atoms in total. The van der Waals surface area contributed by atoms with Gasteiger partial charge in [-0.05, 0) is 26.1 Å². The normalized spacial score (nSPS) is 12.8. The third kappa shape index (κ3) is 3.99. The van der Waals surface area contributed by atoms with E-state index in [9.17, 15) is 0 Å². The highest BCUT2D eigenvalue weighted by atomic mass is 28.3. The van der Waals surface area contributed by atoms with Gasteiger partial charge in [-0.25, -0.2) is 0 Å². The molecular weight excluding hydrogens is 266 g/mol. The zero-order valence-corrected chi connectivity index (χ0v) is 12.9. The SMILES string of the molecule is CC(N=Cc1cnccn1)c1ccccc1O[Si](C)C. The molecule has 2 rings (SSSR count). The zero-order valence-electron chi connectivity index (χ0n) is 11.9. The molecule has 103 valence electrons. The number of nitrogens with zero attached hydrogens (tertiary/aromatic N) is 3. The maximum atomic E-state index is 5.92. The van der Waals surface area contributed by atoms with Crippen molar-refractivity contribution in [3.05, 3.63) is 54.1 Å². The van der Waals surface area contributed by atoms with Crippen LogP contribution >= 0.6 is 0 Å². The summed E-state index contributed by atoms with van der Waals surface area (Å²) in [5.41, 5.74) is 1.85. The predicted octanol–water partition coefficient (Wildman–Crippen LogP) is 3.29. The van der Waals surface area contributed by atoms with Crippen LogP contribution in [0.1, 0.15) is 24.2 Å². The Labute approximate surface area is 121 Å². The van der Waals surface area contributed by atoms with Crippen LogP contribution in [0.2, 0.25) is 13.1 Å². The van der Waals surface area contributed by atoms with E-state index in [0.717, 1.165) is 17.0 Å². The van der Waals surface area contributed by atoms with Gasteiger partial charge in [0.05, 0.1) is 17.9 Å². The predicted molar refractivity (Wildman–Crippen MR) is 82.6 cm³/mol. The number of benzene rings is 1. The van der Waals surface area contributed by atoms with Crippen molar-refractivity contribution in [1.82, 2.24) is 9.97 Å². The molecule has 0 saturated heterocycles. The van der Waals surface area contributed by atoms with Gasteiger partial charge >= 0.3 is 0 Å². The Morgan fingerprint density at radius 3 is 2.75 bits per heavy atom. The van der Waals surface area contributed by atoms with Crippen molar-refractivity contribution in [2.24, 2.45) is 4.99 Å². The molecule has 0 fully saturated rings. The van der Waals surface area contributed by atoms with Gasteiger partial charge in [-0.1, -0.05) is 18.2 Å². The molecule has 1 atom stereocenters. The molecule has 1 aromatic carbocycles. The van der Waals surface area contributed by atoms with Crippen molar-refractivity contribution in [3.63, 3.8) is 0 Å². The topological polar surface area (TPSA) is 47.4 Å². The quantitative estimate of drug-likeness (QED) is 0.625. The van der Waals surface area contributed by atoms with E-state index >= 15 is 0 Å². The van der Waals surface area contributed by atoms with Crippen molar-refractivity contribution in [1.29, 1.82) is 0 Å². The fraction of sp³-hybridized carbons (Fsp3) is 0.267. The Bertz CT molecular complexity index is 572. The van der Waals surface area contributed by atoms with E-state index < -0.39 is 9.04 Å². The Balaban J connectivity index is 2.17. The first-order valence-corrected chi connectivity index (χ1v) is 8.94. The van der Waals surface area contributed by atoms with Crippen LogP contribution < -0.4 is 4.43 Å². The fourth-order valence-electron chi connectivity index (χ4n) is 1.78. The molecular formula is C15H18N3OSi. The lowest BCUT2D eigenvalue weighted by molar-refractivity contribution is 0.564. The number of para-hydroxylation sites is 1. The summed E-state index contributed by atoms with van der Waals surface area (Å²) < 4.78 is 5.92. The molecule has 0 saturated carbocycles. The fourth-order valence-corrected chi connectivity index (χ4v) is 2.41. The number of hydrogen-bond acceptors (Lipinski definition) is 4. The second-order valence-electron chi connectivity index (χ2n) is 4.63. The van der Waals surface area contributed by atoms with Gasteiger partial charge in [0.15, 0.2) is 0 Å². The van der Waals surface area contributed by atoms with E-state index in [0.29, 0.717) is 0 Å². The van der Waals surface area contributed by atoms with Gasteiger partial charge in [0.25, 0.3) is 9.04 Å². The summed E-state index contributed by atoms with van der Waals surface area (Å²) in [7, 11) is -0.783. The van der Waals surface area contributed by atoms with Crippen LogP contribution in [0.5, 0.6) is 5.75 Å². The minimum atomic E-state index is -0.783. The van der Waals surface area contributed by atoms with Crippen LogP contribution in [0.4, 0.5) is 0 Å². The average Bonchev–Trinajstić information content (AvgIpc) is 2.46. The highest BCUT2D eigenvalue weighted by Gasteiger charge is 2.11. The van der Waals surface area contributed by atoms with Gasteiger partial charge in [-0.15, -0.1) is 0 Å². The highest BCUT2D eigenvalue weighted by Crippen LogP contribution is 2.27. The molecule has 0 spiro atoms. The minimum absolute atomic E-state index is 0.0227. The summed E-state index contributed by atoms with van der Waals surface area (Å²) in [5.74, 6) is 0.926. The van der Waals surface area contributed by atoms with Crippen LogP contribution in [0.3, 0.4) is 0 Å². The molecule has 1 unspecified atom stereocenters. The lowest BCUT2D eigenvalue weighted by Crippen LogP contribution is -2.13. The average molecular weight is 284 g/mol. The molecule has 2 aromatic rings. The molecule has 0 amide bonds. The molecule has 0 aliphatic heterocycles. The lowest BCUT2D eigenvalue weighted by Gasteiger charge is -2.15. The van der Waals surface area contributed by atoms with Crippen molar-refractivity contribution in [2.45, 2.75) is 26.1 Å². The molecule has 20 heavy (non-hydrogen) atoms. The summed E-state index contributed by atoms with van der Waals surface area (Å²) in [6.07, 6.45) is 6.75. The third-order valence-electron chi connectivity index (χ3n) is 2.70. The second kappa shape index (κ2) is 6.95. The minimum Gasteiger partial charge on any atom is -0.542 e. The number of aliphatic imine (C=N–C) groups is 1. The molecule has 0 bridgehead atoms. The Hall–Kier alpha value is -2.01. The number of hydrogen-bond donors (Lipinski definition) is 0. The van der Waals surface area contributed by atoms with E-state index in [1.165, 1.54) is 0 Å². The van der Waals surface area contributed by atoms with Gasteiger partial charge in [-0.2, -0.15) is 0 Å². The smallest absolute Gasteiger partial charge is 0.274 e. The van der Waals surface area contributed by atoms with E-state index in [4.69, 9.17) is 4.43 Å². The summed E-state index contributed by atoms with van der Waals surface area (Å²) in [5, 5.41) is 0. The van der Waals surface area contributed by atoms with E-state index in [1.54, 1.807) is 24.8 Å². The molecule has 5 heteroatoms. The molecule has 1 aromatic heterocycles. The summed E-state index contributed by atoms with van der Waals surface area (Å²) >= 11 is 0. The largest absolute Gasteiger partial charge is 0.542 e. The molecule has 1 radical (unpaired) electrons. The Morgan fingerprint density at radius 1 is 1.25 bits per heavy atom. The van der Waals surface area contributed by atoms with Crippen LogP contribution in [0.15, 0.2) is 47.8 Å². The Morgan fingerprint density at radius 2 is 2.05 bits per heavy atom. The lowest BCUT2D eigenvalue weighted by atomic mass is 10.1. The van der Waals surface area contributed by atoms with Crippen LogP contribution in [0, 0.1) is 0 Å². The van der Waals surface area contributed by atoms with Crippen molar-refractivity contribution in [3.8, 4) is 5.75 Å². The third-order valence-corrected chi connectivity index (χ3v) is 3.32. The van der Waals surface area contributed by atoms with E-state index in [-0.39, 0.29) is 6.04 Å². The molecule has 0 aliphatic carbocycles. The van der Waals surface area contributed by atoms with Gasteiger partial charge < -0.3 is 4.43 Å². The standard InChI is InChI=1S/C15H18N3OSi/c1-12(18-11-13-10-16-8-9-17-13)14-6-4-5-7-15(14)19-20(2)3/h4-12H,1-3H3. The zero-order chi connectivity index (χ0) is 14.4. The van der Waals surface area contributed by atoms with Gasteiger partial charge in [0.1, 0.15) is 5.75 Å². The van der Waals surface area contributed by atoms with E-state index in [1.807, 2.05) is 25.1 Å². The number of aromatic nitrogens is 2. The second-order valence-corrected chi connectivity index (χ2v) is 6.65. The summed E-state index contributed by atoms with van der Waals surface area (Å²) in [6, 6.07) is 8.08. The van der Waals surface area contributed by atoms with Gasteiger partial charge in [0, 0.05) is 24.2 Å². The van der Waals surface area contributed by atoms with Crippen molar-refractivity contribution in [2.75, 3.05) is 0 Å². The van der Waals surface area contributed by atoms with Crippen LogP contribution in [-0.4, -0.2) is 25.2 Å². The van der Waals surface area contributed by atoms with Crippen LogP contribution in [0.25, 0.3) is 0 Å². The molecule has 0 aliphatic rings. The van der Waals surface area contributed by atoms with Crippen molar-refractivity contribution >= 4 is 15.3 Å². The molecule has 1 heterocycles. The van der Waals surface area contributed by atoms with Gasteiger partial charge in [-0.3, -0.25) is 15.0 Å². The van der Waals surface area contributed by atoms with Crippen LogP contribution in [-0.2, 0) is 0 Å². The summed E-state index contributed by atoms with van der Waals surface area (Å²) in [4.78, 5) is 12.7. The Kier molecular flexibility index (Phi) is 5.01. The molecule has 0 N–H and O–H groups in total. The first-order chi connectivity index (χ1) is 9.66. The number of rotatable bonds is 5. The summed E-state index contributed by atoms with van der Waals surface area (Å²) in [6.45, 7) is 6.29. The first-order valence-electron chi connectivity index (χ1n) is 6.53. The van der Waals surface area contributed by atoms with Crippen molar-refractivity contribution < 1.29 is 4.43 Å².